The lowest BCUT2D eigenvalue weighted by Gasteiger charge is -2.22. The second kappa shape index (κ2) is 6.43. The topological polar surface area (TPSA) is 59.0 Å². The Bertz CT molecular complexity index is 571. The number of benzene rings is 1. The summed E-state index contributed by atoms with van der Waals surface area (Å²) >= 11 is 0. The van der Waals surface area contributed by atoms with Gasteiger partial charge >= 0.3 is 6.03 Å². The van der Waals surface area contributed by atoms with E-state index < -0.39 is 0 Å². The van der Waals surface area contributed by atoms with Gasteiger partial charge in [-0.1, -0.05) is 19.3 Å². The lowest BCUT2D eigenvalue weighted by Crippen LogP contribution is -2.38. The van der Waals surface area contributed by atoms with Crippen LogP contribution in [0.4, 0.5) is 10.5 Å². The Labute approximate surface area is 124 Å². The molecule has 1 heterocycles. The molecule has 5 nitrogen and oxygen atoms in total. The fourth-order valence-electron chi connectivity index (χ4n) is 2.72. The summed E-state index contributed by atoms with van der Waals surface area (Å²) in [5, 5.41) is 10.1. The Hall–Kier alpha value is -2.30. The predicted octanol–water partition coefficient (Wildman–Crippen LogP) is 3.33. The first-order valence-corrected chi connectivity index (χ1v) is 7.49. The van der Waals surface area contributed by atoms with Crippen molar-refractivity contribution >= 4 is 11.7 Å². The highest BCUT2D eigenvalue weighted by atomic mass is 16.2. The quantitative estimate of drug-likeness (QED) is 0.908. The molecule has 2 aromatic rings. The first-order chi connectivity index (χ1) is 10.3. The monoisotopic (exact) mass is 284 g/mol. The molecule has 0 spiro atoms. The standard InChI is InChI=1S/C16H20N4O/c21-16(18-13-5-2-1-3-6-13)19-14-7-9-15(10-8-14)20-12-4-11-17-20/h4,7-13H,1-3,5-6H2,(H2,18,19,21). The number of hydrogen-bond acceptors (Lipinski definition) is 2. The molecule has 2 N–H and O–H groups in total. The summed E-state index contributed by atoms with van der Waals surface area (Å²) in [5.41, 5.74) is 1.76. The van der Waals surface area contributed by atoms with Crippen LogP contribution < -0.4 is 10.6 Å². The van der Waals surface area contributed by atoms with Crippen LogP contribution in [0.15, 0.2) is 42.7 Å². The van der Waals surface area contributed by atoms with Gasteiger partial charge in [-0.15, -0.1) is 0 Å². The molecule has 0 radical (unpaired) electrons. The summed E-state index contributed by atoms with van der Waals surface area (Å²) in [6.07, 6.45) is 9.51. The van der Waals surface area contributed by atoms with E-state index in [4.69, 9.17) is 0 Å². The van der Waals surface area contributed by atoms with Gasteiger partial charge in [0.25, 0.3) is 0 Å². The van der Waals surface area contributed by atoms with E-state index >= 15 is 0 Å². The average Bonchev–Trinajstić information content (AvgIpc) is 3.03. The van der Waals surface area contributed by atoms with Crippen LogP contribution in [0.25, 0.3) is 5.69 Å². The van der Waals surface area contributed by atoms with Crippen molar-refractivity contribution in [3.63, 3.8) is 0 Å². The van der Waals surface area contributed by atoms with Crippen LogP contribution >= 0.6 is 0 Å². The highest BCUT2D eigenvalue weighted by Crippen LogP contribution is 2.18. The van der Waals surface area contributed by atoms with Crippen molar-refractivity contribution in [2.24, 2.45) is 0 Å². The van der Waals surface area contributed by atoms with Gasteiger partial charge in [-0.05, 0) is 43.2 Å². The number of urea groups is 1. The summed E-state index contributed by atoms with van der Waals surface area (Å²) in [6.45, 7) is 0. The molecule has 1 saturated carbocycles. The van der Waals surface area contributed by atoms with Gasteiger partial charge in [-0.2, -0.15) is 5.10 Å². The molecule has 0 bridgehead atoms. The molecular weight excluding hydrogens is 264 g/mol. The highest BCUT2D eigenvalue weighted by Gasteiger charge is 2.15. The molecule has 1 aliphatic rings. The summed E-state index contributed by atoms with van der Waals surface area (Å²) in [6, 6.07) is 9.72. The highest BCUT2D eigenvalue weighted by molar-refractivity contribution is 5.89. The largest absolute Gasteiger partial charge is 0.335 e. The zero-order valence-corrected chi connectivity index (χ0v) is 12.0. The minimum Gasteiger partial charge on any atom is -0.335 e. The lowest BCUT2D eigenvalue weighted by molar-refractivity contribution is 0.244. The van der Waals surface area contributed by atoms with Gasteiger partial charge in [0, 0.05) is 24.1 Å². The Morgan fingerprint density at radius 3 is 2.57 bits per heavy atom. The number of nitrogens with zero attached hydrogens (tertiary/aromatic N) is 2. The third-order valence-corrected chi connectivity index (χ3v) is 3.83. The van der Waals surface area contributed by atoms with Crippen molar-refractivity contribution in [3.8, 4) is 5.69 Å². The molecule has 1 fully saturated rings. The molecule has 21 heavy (non-hydrogen) atoms. The normalized spacial score (nSPS) is 15.6. The number of aromatic nitrogens is 2. The van der Waals surface area contributed by atoms with E-state index in [9.17, 15) is 4.79 Å². The second-order valence-corrected chi connectivity index (χ2v) is 5.43. The fourth-order valence-corrected chi connectivity index (χ4v) is 2.72. The molecule has 2 amide bonds. The summed E-state index contributed by atoms with van der Waals surface area (Å²) in [5.74, 6) is 0. The maximum Gasteiger partial charge on any atom is 0.319 e. The van der Waals surface area contributed by atoms with Crippen LogP contribution in [0, 0.1) is 0 Å². The van der Waals surface area contributed by atoms with Gasteiger partial charge in [-0.25, -0.2) is 9.48 Å². The van der Waals surface area contributed by atoms with E-state index in [0.29, 0.717) is 6.04 Å². The SMILES string of the molecule is O=C(Nc1ccc(-n2cccn2)cc1)NC1CCCCC1. The molecule has 0 saturated heterocycles. The van der Waals surface area contributed by atoms with Crippen molar-refractivity contribution < 1.29 is 4.79 Å². The van der Waals surface area contributed by atoms with Gasteiger partial charge in [0.2, 0.25) is 0 Å². The van der Waals surface area contributed by atoms with Crippen LogP contribution in [-0.2, 0) is 0 Å². The first kappa shape index (κ1) is 13.7. The van der Waals surface area contributed by atoms with Gasteiger partial charge in [0.1, 0.15) is 0 Å². The molecule has 1 aliphatic carbocycles. The zero-order chi connectivity index (χ0) is 14.5. The lowest BCUT2D eigenvalue weighted by atomic mass is 9.96. The van der Waals surface area contributed by atoms with Crippen molar-refractivity contribution in [1.29, 1.82) is 0 Å². The van der Waals surface area contributed by atoms with E-state index in [2.05, 4.69) is 15.7 Å². The van der Waals surface area contributed by atoms with Crippen LogP contribution in [0.5, 0.6) is 0 Å². The molecule has 1 aromatic carbocycles. The molecule has 110 valence electrons. The molecule has 0 atom stereocenters. The second-order valence-electron chi connectivity index (χ2n) is 5.43. The average molecular weight is 284 g/mol. The van der Waals surface area contributed by atoms with Gasteiger partial charge in [0.05, 0.1) is 5.69 Å². The number of nitrogens with one attached hydrogen (secondary N) is 2. The Morgan fingerprint density at radius 1 is 1.14 bits per heavy atom. The number of anilines is 1. The minimum atomic E-state index is -0.117. The number of hydrogen-bond donors (Lipinski definition) is 2. The molecule has 0 aliphatic heterocycles. The number of carbonyl (C=O) groups is 1. The summed E-state index contributed by atoms with van der Waals surface area (Å²) < 4.78 is 1.78. The number of carbonyl (C=O) groups excluding carboxylic acids is 1. The van der Waals surface area contributed by atoms with Gasteiger partial charge in [0.15, 0.2) is 0 Å². The number of rotatable bonds is 3. The van der Waals surface area contributed by atoms with Crippen LogP contribution in [0.3, 0.4) is 0 Å². The third kappa shape index (κ3) is 3.62. The van der Waals surface area contributed by atoms with Gasteiger partial charge in [-0.3, -0.25) is 0 Å². The maximum absolute atomic E-state index is 12.0. The van der Waals surface area contributed by atoms with E-state index in [0.717, 1.165) is 24.2 Å². The van der Waals surface area contributed by atoms with Crippen molar-refractivity contribution in [2.45, 2.75) is 38.1 Å². The Kier molecular flexibility index (Phi) is 4.19. The smallest absolute Gasteiger partial charge is 0.319 e. The first-order valence-electron chi connectivity index (χ1n) is 7.49. The van der Waals surface area contributed by atoms with E-state index in [1.807, 2.05) is 36.5 Å². The minimum absolute atomic E-state index is 0.117. The molecular formula is C16H20N4O. The molecule has 3 rings (SSSR count). The van der Waals surface area contributed by atoms with E-state index in [-0.39, 0.29) is 6.03 Å². The Balaban J connectivity index is 1.56. The summed E-state index contributed by atoms with van der Waals surface area (Å²) in [7, 11) is 0. The van der Waals surface area contributed by atoms with Crippen LogP contribution in [0.2, 0.25) is 0 Å². The molecule has 5 heteroatoms. The van der Waals surface area contributed by atoms with Crippen molar-refractivity contribution in [2.75, 3.05) is 5.32 Å². The predicted molar refractivity (Wildman–Crippen MR) is 82.6 cm³/mol. The molecule has 1 aromatic heterocycles. The fraction of sp³-hybridized carbons (Fsp3) is 0.375. The Morgan fingerprint density at radius 2 is 1.90 bits per heavy atom. The zero-order valence-electron chi connectivity index (χ0n) is 12.0. The van der Waals surface area contributed by atoms with E-state index in [1.165, 1.54) is 19.3 Å². The van der Waals surface area contributed by atoms with Gasteiger partial charge < -0.3 is 10.6 Å². The van der Waals surface area contributed by atoms with E-state index in [1.54, 1.807) is 10.9 Å². The third-order valence-electron chi connectivity index (χ3n) is 3.83. The van der Waals surface area contributed by atoms with Crippen LogP contribution in [-0.4, -0.2) is 21.9 Å². The van der Waals surface area contributed by atoms with Crippen LogP contribution in [0.1, 0.15) is 32.1 Å². The molecule has 0 unspecified atom stereocenters. The maximum atomic E-state index is 12.0. The van der Waals surface area contributed by atoms with Crippen molar-refractivity contribution in [1.82, 2.24) is 15.1 Å². The summed E-state index contributed by atoms with van der Waals surface area (Å²) in [4.78, 5) is 12.0. The number of amides is 2. The van der Waals surface area contributed by atoms with Crippen molar-refractivity contribution in [3.05, 3.63) is 42.7 Å².